The molecule has 1 aromatic heterocycles. The number of esters is 1. The van der Waals surface area contributed by atoms with Crippen molar-refractivity contribution in [2.24, 2.45) is 0 Å². The zero-order chi connectivity index (χ0) is 12.3. The number of rotatable bonds is 3. The number of carbonyl (C=O) groups excluding carboxylic acids is 1. The van der Waals surface area contributed by atoms with Crippen LogP contribution < -0.4 is 5.32 Å². The van der Waals surface area contributed by atoms with E-state index in [-0.39, 0.29) is 5.76 Å². The number of piperazine rings is 1. The second-order valence-corrected chi connectivity index (χ2v) is 4.28. The molecule has 1 aliphatic heterocycles. The summed E-state index contributed by atoms with van der Waals surface area (Å²) < 4.78 is 10.1. The first-order valence-corrected chi connectivity index (χ1v) is 5.82. The number of nitrogens with one attached hydrogen (secondary N) is 1. The van der Waals surface area contributed by atoms with Crippen molar-refractivity contribution in [1.82, 2.24) is 10.2 Å². The third-order valence-electron chi connectivity index (χ3n) is 3.05. The number of furan rings is 1. The molecule has 0 aliphatic carbocycles. The van der Waals surface area contributed by atoms with Crippen molar-refractivity contribution in [1.29, 1.82) is 0 Å². The van der Waals surface area contributed by atoms with Crippen molar-refractivity contribution in [3.63, 3.8) is 0 Å². The van der Waals surface area contributed by atoms with Gasteiger partial charge in [0.25, 0.3) is 0 Å². The fourth-order valence-electron chi connectivity index (χ4n) is 1.99. The molecule has 0 unspecified atom stereocenters. The molecule has 1 aromatic rings. The third-order valence-corrected chi connectivity index (χ3v) is 3.05. The molecule has 0 saturated carbocycles. The van der Waals surface area contributed by atoms with E-state index in [0.717, 1.165) is 31.9 Å². The van der Waals surface area contributed by atoms with E-state index in [0.29, 0.717) is 6.04 Å². The average Bonchev–Trinajstić information content (AvgIpc) is 2.80. The monoisotopic (exact) mass is 238 g/mol. The Bertz CT molecular complexity index is 389. The Morgan fingerprint density at radius 1 is 1.65 bits per heavy atom. The lowest BCUT2D eigenvalue weighted by Crippen LogP contribution is -2.49. The predicted octanol–water partition coefficient (Wildman–Crippen LogP) is 0.860. The Labute approximate surface area is 101 Å². The van der Waals surface area contributed by atoms with E-state index in [2.05, 4.69) is 21.9 Å². The second-order valence-electron chi connectivity index (χ2n) is 4.28. The fraction of sp³-hybridized carbons (Fsp3) is 0.583. The first kappa shape index (κ1) is 12.1. The van der Waals surface area contributed by atoms with Crippen LogP contribution in [0.15, 0.2) is 16.5 Å². The van der Waals surface area contributed by atoms with Gasteiger partial charge in [0.1, 0.15) is 5.76 Å². The first-order valence-electron chi connectivity index (χ1n) is 5.82. The van der Waals surface area contributed by atoms with Crippen LogP contribution in [-0.2, 0) is 11.3 Å². The van der Waals surface area contributed by atoms with Gasteiger partial charge < -0.3 is 14.5 Å². The summed E-state index contributed by atoms with van der Waals surface area (Å²) in [5, 5.41) is 3.34. The van der Waals surface area contributed by atoms with Crippen LogP contribution in [0.3, 0.4) is 0 Å². The van der Waals surface area contributed by atoms with Crippen molar-refractivity contribution in [2.45, 2.75) is 19.5 Å². The highest BCUT2D eigenvalue weighted by atomic mass is 16.5. The lowest BCUT2D eigenvalue weighted by molar-refractivity contribution is 0.0559. The van der Waals surface area contributed by atoms with Gasteiger partial charge in [-0.2, -0.15) is 0 Å². The summed E-state index contributed by atoms with van der Waals surface area (Å²) in [6.45, 7) is 5.89. The normalized spacial score (nSPS) is 21.4. The number of methoxy groups -OCH3 is 1. The molecule has 0 radical (unpaired) electrons. The van der Waals surface area contributed by atoms with Crippen LogP contribution in [-0.4, -0.2) is 43.7 Å². The molecule has 1 aliphatic rings. The summed E-state index contributed by atoms with van der Waals surface area (Å²) >= 11 is 0. The summed E-state index contributed by atoms with van der Waals surface area (Å²) in [7, 11) is 1.35. The molecule has 5 heteroatoms. The molecule has 1 atom stereocenters. The van der Waals surface area contributed by atoms with Gasteiger partial charge in [0.15, 0.2) is 0 Å². The van der Waals surface area contributed by atoms with Gasteiger partial charge >= 0.3 is 5.97 Å². The van der Waals surface area contributed by atoms with Crippen LogP contribution in [0.4, 0.5) is 0 Å². The number of ether oxygens (including phenoxy) is 1. The molecule has 2 heterocycles. The van der Waals surface area contributed by atoms with Gasteiger partial charge in [0.05, 0.1) is 13.7 Å². The highest BCUT2D eigenvalue weighted by Gasteiger charge is 2.20. The quantitative estimate of drug-likeness (QED) is 0.791. The van der Waals surface area contributed by atoms with Crippen molar-refractivity contribution in [3.8, 4) is 0 Å². The molecule has 94 valence electrons. The van der Waals surface area contributed by atoms with Gasteiger partial charge in [-0.3, -0.25) is 4.90 Å². The minimum absolute atomic E-state index is 0.269. The molecule has 1 saturated heterocycles. The van der Waals surface area contributed by atoms with Crippen LogP contribution in [0.1, 0.15) is 23.2 Å². The zero-order valence-electron chi connectivity index (χ0n) is 10.2. The largest absolute Gasteiger partial charge is 0.463 e. The maximum atomic E-state index is 11.2. The molecule has 1 fully saturated rings. The van der Waals surface area contributed by atoms with E-state index in [9.17, 15) is 4.79 Å². The van der Waals surface area contributed by atoms with E-state index in [1.807, 2.05) is 6.07 Å². The molecule has 5 nitrogen and oxygen atoms in total. The van der Waals surface area contributed by atoms with Crippen LogP contribution in [0.5, 0.6) is 0 Å². The smallest absolute Gasteiger partial charge is 0.373 e. The molecule has 0 aromatic carbocycles. The highest BCUT2D eigenvalue weighted by Crippen LogP contribution is 2.14. The SMILES string of the molecule is COC(=O)c1ccc(CN2CCNC[C@@H]2C)o1. The van der Waals surface area contributed by atoms with E-state index in [4.69, 9.17) is 4.42 Å². The molecule has 2 rings (SSSR count). The van der Waals surface area contributed by atoms with Crippen LogP contribution in [0.2, 0.25) is 0 Å². The second kappa shape index (κ2) is 5.33. The fourth-order valence-corrected chi connectivity index (χ4v) is 1.99. The molecular formula is C12H18N2O3. The Balaban J connectivity index is 1.98. The molecular weight excluding hydrogens is 220 g/mol. The lowest BCUT2D eigenvalue weighted by Gasteiger charge is -2.33. The van der Waals surface area contributed by atoms with E-state index >= 15 is 0 Å². The van der Waals surface area contributed by atoms with Gasteiger partial charge in [-0.25, -0.2) is 4.79 Å². The van der Waals surface area contributed by atoms with Gasteiger partial charge in [-0.1, -0.05) is 0 Å². The van der Waals surface area contributed by atoms with Crippen LogP contribution in [0, 0.1) is 0 Å². The van der Waals surface area contributed by atoms with E-state index < -0.39 is 5.97 Å². The van der Waals surface area contributed by atoms with Crippen molar-refractivity contribution in [2.75, 3.05) is 26.7 Å². The van der Waals surface area contributed by atoms with Crippen molar-refractivity contribution in [3.05, 3.63) is 23.7 Å². The van der Waals surface area contributed by atoms with E-state index in [1.54, 1.807) is 6.07 Å². The first-order chi connectivity index (χ1) is 8.20. The summed E-state index contributed by atoms with van der Waals surface area (Å²) in [6, 6.07) is 3.98. The predicted molar refractivity (Wildman–Crippen MR) is 62.8 cm³/mol. The van der Waals surface area contributed by atoms with Gasteiger partial charge in [-0.15, -0.1) is 0 Å². The third kappa shape index (κ3) is 2.87. The van der Waals surface area contributed by atoms with Crippen molar-refractivity contribution >= 4 is 5.97 Å². The zero-order valence-corrected chi connectivity index (χ0v) is 10.2. The number of nitrogens with zero attached hydrogens (tertiary/aromatic N) is 1. The maximum Gasteiger partial charge on any atom is 0.373 e. The topological polar surface area (TPSA) is 54.7 Å². The number of hydrogen-bond acceptors (Lipinski definition) is 5. The summed E-state index contributed by atoms with van der Waals surface area (Å²) in [5.74, 6) is 0.647. The average molecular weight is 238 g/mol. The molecule has 17 heavy (non-hydrogen) atoms. The van der Waals surface area contributed by atoms with Gasteiger partial charge in [0, 0.05) is 25.7 Å². The van der Waals surface area contributed by atoms with Gasteiger partial charge in [0.2, 0.25) is 5.76 Å². The molecule has 1 N–H and O–H groups in total. The van der Waals surface area contributed by atoms with Crippen molar-refractivity contribution < 1.29 is 13.9 Å². The molecule has 0 bridgehead atoms. The minimum atomic E-state index is -0.426. The molecule has 0 amide bonds. The Hall–Kier alpha value is -1.33. The Kier molecular flexibility index (Phi) is 3.81. The summed E-state index contributed by atoms with van der Waals surface area (Å²) in [6.07, 6.45) is 0. The highest BCUT2D eigenvalue weighted by molar-refractivity contribution is 5.86. The number of carbonyl (C=O) groups is 1. The lowest BCUT2D eigenvalue weighted by atomic mass is 10.2. The summed E-state index contributed by atoms with van der Waals surface area (Å²) in [5.41, 5.74) is 0. The van der Waals surface area contributed by atoms with Crippen LogP contribution in [0.25, 0.3) is 0 Å². The Morgan fingerprint density at radius 2 is 2.47 bits per heavy atom. The standard InChI is InChI=1S/C12H18N2O3/c1-9-7-13-5-6-14(9)8-10-3-4-11(17-10)12(15)16-2/h3-4,9,13H,5-8H2,1-2H3/t9-/m0/s1. The van der Waals surface area contributed by atoms with E-state index in [1.165, 1.54) is 7.11 Å². The summed E-state index contributed by atoms with van der Waals surface area (Å²) in [4.78, 5) is 13.6. The Morgan fingerprint density at radius 3 is 3.18 bits per heavy atom. The van der Waals surface area contributed by atoms with Gasteiger partial charge in [-0.05, 0) is 19.1 Å². The van der Waals surface area contributed by atoms with Crippen LogP contribution >= 0.6 is 0 Å². The maximum absolute atomic E-state index is 11.2. The number of hydrogen-bond donors (Lipinski definition) is 1. The minimum Gasteiger partial charge on any atom is -0.463 e. The molecule has 0 spiro atoms.